The predicted molar refractivity (Wildman–Crippen MR) is 56.3 cm³/mol. The van der Waals surface area contributed by atoms with Crippen molar-refractivity contribution in [3.05, 3.63) is 17.5 Å². The largest absolute Gasteiger partial charge is 0.468 e. The summed E-state index contributed by atoms with van der Waals surface area (Å²) in [6.07, 6.45) is 1.82. The van der Waals surface area contributed by atoms with E-state index in [1.165, 1.54) is 7.11 Å². The number of carbonyl (C=O) groups is 1. The number of hydrogen-bond acceptors (Lipinski definition) is 4. The van der Waals surface area contributed by atoms with Gasteiger partial charge in [0.05, 0.1) is 19.9 Å². The smallest absolute Gasteiger partial charge is 0.319 e. The van der Waals surface area contributed by atoms with E-state index in [9.17, 15) is 4.79 Å². The van der Waals surface area contributed by atoms with Crippen LogP contribution in [0, 0.1) is 6.92 Å². The van der Waals surface area contributed by atoms with Gasteiger partial charge >= 0.3 is 5.97 Å². The highest BCUT2D eigenvalue weighted by Crippen LogP contribution is 2.07. The maximum absolute atomic E-state index is 11.0. The third kappa shape index (κ3) is 3.06. The lowest BCUT2D eigenvalue weighted by molar-refractivity contribution is -0.141. The van der Waals surface area contributed by atoms with E-state index >= 15 is 0 Å². The number of ether oxygens (including phenoxy) is 1. The van der Waals surface area contributed by atoms with Crippen LogP contribution in [0.1, 0.15) is 11.3 Å². The molecule has 1 rings (SSSR count). The van der Waals surface area contributed by atoms with Gasteiger partial charge in [0.2, 0.25) is 0 Å². The molecule has 0 N–H and O–H groups in total. The second kappa shape index (κ2) is 4.93. The molecule has 0 aromatic carbocycles. The van der Waals surface area contributed by atoms with Gasteiger partial charge < -0.3 is 4.74 Å². The highest BCUT2D eigenvalue weighted by molar-refractivity contribution is 5.71. The Bertz CT molecular complexity index is 346. The average molecular weight is 211 g/mol. The number of likely N-dealkylation sites (N-methyl/N-ethyl adjacent to an activating group) is 1. The van der Waals surface area contributed by atoms with Gasteiger partial charge in [-0.05, 0) is 14.0 Å². The first-order valence-corrected chi connectivity index (χ1v) is 4.77. The molecule has 0 saturated heterocycles. The summed E-state index contributed by atoms with van der Waals surface area (Å²) in [5.41, 5.74) is 2.25. The summed E-state index contributed by atoms with van der Waals surface area (Å²) in [6.45, 7) is 3.01. The quantitative estimate of drug-likeness (QED) is 0.673. The van der Waals surface area contributed by atoms with Gasteiger partial charge in [0.1, 0.15) is 0 Å². The number of carbonyl (C=O) groups excluding carboxylic acids is 1. The van der Waals surface area contributed by atoms with E-state index in [2.05, 4.69) is 9.84 Å². The molecule has 0 spiro atoms. The summed E-state index contributed by atoms with van der Waals surface area (Å²) >= 11 is 0. The molecule has 0 saturated carbocycles. The van der Waals surface area contributed by atoms with Crippen molar-refractivity contribution in [1.82, 2.24) is 14.7 Å². The summed E-state index contributed by atoms with van der Waals surface area (Å²) < 4.78 is 6.41. The van der Waals surface area contributed by atoms with Crippen molar-refractivity contribution in [3.8, 4) is 0 Å². The Kier molecular flexibility index (Phi) is 3.85. The lowest BCUT2D eigenvalue weighted by Gasteiger charge is -2.14. The third-order valence-electron chi connectivity index (χ3n) is 2.40. The van der Waals surface area contributed by atoms with E-state index < -0.39 is 0 Å². The molecule has 0 unspecified atom stereocenters. The molecule has 0 atom stereocenters. The van der Waals surface area contributed by atoms with Crippen LogP contribution < -0.4 is 0 Å². The number of rotatable bonds is 4. The zero-order chi connectivity index (χ0) is 11.4. The molecule has 0 aliphatic carbocycles. The number of esters is 1. The second-order valence-electron chi connectivity index (χ2n) is 3.63. The molecular weight excluding hydrogens is 194 g/mol. The Labute approximate surface area is 89.6 Å². The number of hydrogen-bond donors (Lipinski definition) is 0. The Morgan fingerprint density at radius 1 is 1.67 bits per heavy atom. The Balaban J connectivity index is 2.55. The maximum atomic E-state index is 11.0. The molecule has 1 aromatic rings. The Hall–Kier alpha value is -1.36. The van der Waals surface area contributed by atoms with E-state index in [4.69, 9.17) is 0 Å². The SMILES string of the molecule is COC(=O)CN(C)Cc1cnn(C)c1C. The van der Waals surface area contributed by atoms with Crippen LogP contribution in [0.15, 0.2) is 6.20 Å². The van der Waals surface area contributed by atoms with Crippen molar-refractivity contribution in [2.75, 3.05) is 20.7 Å². The zero-order valence-corrected chi connectivity index (χ0v) is 9.65. The highest BCUT2D eigenvalue weighted by atomic mass is 16.5. The topological polar surface area (TPSA) is 47.4 Å². The van der Waals surface area contributed by atoms with Gasteiger partial charge in [0, 0.05) is 24.8 Å². The minimum atomic E-state index is -0.223. The lowest BCUT2D eigenvalue weighted by Crippen LogP contribution is -2.26. The molecule has 0 bridgehead atoms. The van der Waals surface area contributed by atoms with Crippen molar-refractivity contribution in [2.45, 2.75) is 13.5 Å². The number of aromatic nitrogens is 2. The molecule has 0 aliphatic rings. The second-order valence-corrected chi connectivity index (χ2v) is 3.63. The van der Waals surface area contributed by atoms with Gasteiger partial charge in [-0.15, -0.1) is 0 Å². The fourth-order valence-electron chi connectivity index (χ4n) is 1.33. The van der Waals surface area contributed by atoms with E-state index in [0.29, 0.717) is 13.1 Å². The summed E-state index contributed by atoms with van der Waals surface area (Å²) in [4.78, 5) is 12.9. The summed E-state index contributed by atoms with van der Waals surface area (Å²) in [5, 5.41) is 4.14. The highest BCUT2D eigenvalue weighted by Gasteiger charge is 2.10. The normalized spacial score (nSPS) is 10.7. The summed E-state index contributed by atoms with van der Waals surface area (Å²) in [6, 6.07) is 0. The summed E-state index contributed by atoms with van der Waals surface area (Å²) in [7, 11) is 5.17. The number of methoxy groups -OCH3 is 1. The maximum Gasteiger partial charge on any atom is 0.319 e. The molecule has 0 amide bonds. The van der Waals surface area contributed by atoms with Gasteiger partial charge in [-0.25, -0.2) is 0 Å². The van der Waals surface area contributed by atoms with E-state index in [-0.39, 0.29) is 5.97 Å². The third-order valence-corrected chi connectivity index (χ3v) is 2.40. The average Bonchev–Trinajstić information content (AvgIpc) is 2.49. The van der Waals surface area contributed by atoms with Gasteiger partial charge in [0.25, 0.3) is 0 Å². The molecule has 84 valence electrons. The number of aryl methyl sites for hydroxylation is 1. The van der Waals surface area contributed by atoms with Gasteiger partial charge in [-0.3, -0.25) is 14.4 Å². The molecule has 5 nitrogen and oxygen atoms in total. The fraction of sp³-hybridized carbons (Fsp3) is 0.600. The minimum Gasteiger partial charge on any atom is -0.468 e. The molecule has 0 fully saturated rings. The van der Waals surface area contributed by atoms with Gasteiger partial charge in [0.15, 0.2) is 0 Å². The van der Waals surface area contributed by atoms with Crippen molar-refractivity contribution in [3.63, 3.8) is 0 Å². The van der Waals surface area contributed by atoms with Crippen LogP contribution >= 0.6 is 0 Å². The van der Waals surface area contributed by atoms with Crippen LogP contribution in [-0.4, -0.2) is 41.4 Å². The molecule has 1 aromatic heterocycles. The fourth-order valence-corrected chi connectivity index (χ4v) is 1.33. The predicted octanol–water partition coefficient (Wildman–Crippen LogP) is 0.333. The van der Waals surface area contributed by atoms with Gasteiger partial charge in [-0.2, -0.15) is 5.10 Å². The van der Waals surface area contributed by atoms with Crippen LogP contribution in [0.5, 0.6) is 0 Å². The molecule has 5 heteroatoms. The molecular formula is C10H17N3O2. The van der Waals surface area contributed by atoms with Crippen molar-refractivity contribution in [2.24, 2.45) is 7.05 Å². The lowest BCUT2D eigenvalue weighted by atomic mass is 10.2. The van der Waals surface area contributed by atoms with Crippen LogP contribution in [0.2, 0.25) is 0 Å². The first-order chi connectivity index (χ1) is 7.04. The Morgan fingerprint density at radius 3 is 2.80 bits per heavy atom. The first-order valence-electron chi connectivity index (χ1n) is 4.77. The van der Waals surface area contributed by atoms with E-state index in [0.717, 1.165) is 11.3 Å². The van der Waals surface area contributed by atoms with Crippen LogP contribution in [-0.2, 0) is 23.1 Å². The minimum absolute atomic E-state index is 0.223. The Morgan fingerprint density at radius 2 is 2.33 bits per heavy atom. The summed E-state index contributed by atoms with van der Waals surface area (Å²) in [5.74, 6) is -0.223. The number of nitrogens with zero attached hydrogens (tertiary/aromatic N) is 3. The van der Waals surface area contributed by atoms with Gasteiger partial charge in [-0.1, -0.05) is 0 Å². The van der Waals surface area contributed by atoms with E-state index in [1.807, 2.05) is 36.8 Å². The van der Waals surface area contributed by atoms with Crippen molar-refractivity contribution >= 4 is 5.97 Å². The van der Waals surface area contributed by atoms with E-state index in [1.54, 1.807) is 0 Å². The van der Waals surface area contributed by atoms with Crippen LogP contribution in [0.4, 0.5) is 0 Å². The van der Waals surface area contributed by atoms with Crippen LogP contribution in [0.3, 0.4) is 0 Å². The zero-order valence-electron chi connectivity index (χ0n) is 9.65. The monoisotopic (exact) mass is 211 g/mol. The standard InChI is InChI=1S/C10H17N3O2/c1-8-9(5-11-13(8)3)6-12(2)7-10(14)15-4/h5H,6-7H2,1-4H3. The van der Waals surface area contributed by atoms with Crippen molar-refractivity contribution in [1.29, 1.82) is 0 Å². The van der Waals surface area contributed by atoms with Crippen LogP contribution in [0.25, 0.3) is 0 Å². The first kappa shape index (κ1) is 11.7. The molecule has 0 aliphatic heterocycles. The molecule has 1 heterocycles. The molecule has 15 heavy (non-hydrogen) atoms. The molecule has 0 radical (unpaired) electrons. The van der Waals surface area contributed by atoms with Crippen molar-refractivity contribution < 1.29 is 9.53 Å².